The lowest BCUT2D eigenvalue weighted by Gasteiger charge is -2.38. The monoisotopic (exact) mass is 451 g/mol. The van der Waals surface area contributed by atoms with E-state index in [2.05, 4.69) is 26.2 Å². The van der Waals surface area contributed by atoms with Gasteiger partial charge in [-0.2, -0.15) is 0 Å². The van der Waals surface area contributed by atoms with Gasteiger partial charge < -0.3 is 36.0 Å². The highest BCUT2D eigenvalue weighted by Crippen LogP contribution is 2.28. The number of aromatic hydroxyl groups is 1. The fourth-order valence-electron chi connectivity index (χ4n) is 4.69. The Labute approximate surface area is 188 Å². The summed E-state index contributed by atoms with van der Waals surface area (Å²) >= 11 is 0. The van der Waals surface area contributed by atoms with E-state index in [1.54, 1.807) is 12.1 Å². The Bertz CT molecular complexity index is 727. The molecule has 3 saturated heterocycles. The minimum atomic E-state index is -0.981. The number of nitrogens with one attached hydrogen (secondary N) is 4. The molecule has 180 valence electrons. The maximum atomic E-state index is 10.7. The van der Waals surface area contributed by atoms with Gasteiger partial charge in [-0.05, 0) is 37.7 Å². The first-order chi connectivity index (χ1) is 15.4. The van der Waals surface area contributed by atoms with Gasteiger partial charge in [0.1, 0.15) is 30.3 Å². The number of nitrogens with two attached hydrogens (primary N) is 1. The number of likely N-dealkylation sites (N-methyl/N-ethyl adjacent to an activating group) is 1. The van der Waals surface area contributed by atoms with Crippen LogP contribution in [0.1, 0.15) is 5.56 Å². The number of hydrogen-bond donors (Lipinski definition) is 8. The van der Waals surface area contributed by atoms with Crippen LogP contribution < -0.4 is 27.0 Å². The Balaban J connectivity index is 1.19. The molecule has 4 rings (SSSR count). The first-order valence-electron chi connectivity index (χ1n) is 11.3. The highest BCUT2D eigenvalue weighted by molar-refractivity contribution is 5.25. The summed E-state index contributed by atoms with van der Waals surface area (Å²) in [5.41, 5.74) is 7.30. The summed E-state index contributed by atoms with van der Waals surface area (Å²) in [5, 5.41) is 43.9. The van der Waals surface area contributed by atoms with Crippen LogP contribution in [0, 0.1) is 0 Å². The number of rotatable bonds is 9. The highest BCUT2D eigenvalue weighted by Gasteiger charge is 2.51. The van der Waals surface area contributed by atoms with Crippen molar-refractivity contribution in [1.82, 2.24) is 31.1 Å². The Hall–Kier alpha value is -1.38. The predicted molar refractivity (Wildman–Crippen MR) is 119 cm³/mol. The van der Waals surface area contributed by atoms with Crippen LogP contribution in [0.2, 0.25) is 0 Å². The molecule has 3 fully saturated rings. The van der Waals surface area contributed by atoms with Gasteiger partial charge in [-0.1, -0.05) is 12.1 Å². The molecule has 1 aromatic carbocycles. The van der Waals surface area contributed by atoms with Gasteiger partial charge in [0.15, 0.2) is 0 Å². The van der Waals surface area contributed by atoms with E-state index in [0.29, 0.717) is 19.9 Å². The minimum Gasteiger partial charge on any atom is -0.508 e. The molecule has 3 aliphatic heterocycles. The summed E-state index contributed by atoms with van der Waals surface area (Å²) in [4.78, 5) is 4.10. The normalized spacial score (nSPS) is 35.5. The van der Waals surface area contributed by atoms with Gasteiger partial charge in [-0.15, -0.1) is 0 Å². The molecule has 32 heavy (non-hydrogen) atoms. The molecule has 3 aliphatic rings. The van der Waals surface area contributed by atoms with Crippen LogP contribution in [-0.4, -0.2) is 115 Å². The number of fused-ring (bicyclic) bond motifs is 1. The molecule has 11 nitrogen and oxygen atoms in total. The van der Waals surface area contributed by atoms with Gasteiger partial charge in [0.05, 0.1) is 25.0 Å². The third kappa shape index (κ3) is 5.39. The molecule has 1 aromatic rings. The van der Waals surface area contributed by atoms with Crippen molar-refractivity contribution in [3.8, 4) is 5.75 Å². The molecule has 3 unspecified atom stereocenters. The summed E-state index contributed by atoms with van der Waals surface area (Å²) in [5.74, 6) is 0.281. The van der Waals surface area contributed by atoms with Crippen molar-refractivity contribution >= 4 is 0 Å². The van der Waals surface area contributed by atoms with Gasteiger partial charge in [-0.25, -0.2) is 4.90 Å². The lowest BCUT2D eigenvalue weighted by molar-refractivity contribution is -0.106. The zero-order valence-electron chi connectivity index (χ0n) is 18.5. The van der Waals surface area contributed by atoms with E-state index in [1.165, 1.54) is 5.56 Å². The topological polar surface area (TPSA) is 151 Å². The van der Waals surface area contributed by atoms with Crippen LogP contribution >= 0.6 is 0 Å². The van der Waals surface area contributed by atoms with Crippen molar-refractivity contribution in [3.63, 3.8) is 0 Å². The Kier molecular flexibility index (Phi) is 7.95. The van der Waals surface area contributed by atoms with Gasteiger partial charge in [0, 0.05) is 26.3 Å². The zero-order chi connectivity index (χ0) is 22.7. The van der Waals surface area contributed by atoms with E-state index < -0.39 is 24.5 Å². The zero-order valence-corrected chi connectivity index (χ0v) is 18.5. The summed E-state index contributed by atoms with van der Waals surface area (Å²) in [6.45, 7) is 4.07. The van der Waals surface area contributed by atoms with E-state index in [-0.39, 0.29) is 24.1 Å². The molecule has 0 aliphatic carbocycles. The van der Waals surface area contributed by atoms with Gasteiger partial charge in [0.25, 0.3) is 0 Å². The molecule has 3 heterocycles. The van der Waals surface area contributed by atoms with Gasteiger partial charge in [0.2, 0.25) is 0 Å². The van der Waals surface area contributed by atoms with Crippen molar-refractivity contribution in [3.05, 3.63) is 29.8 Å². The van der Waals surface area contributed by atoms with E-state index in [1.807, 2.05) is 24.1 Å². The molecule has 0 spiro atoms. The summed E-state index contributed by atoms with van der Waals surface area (Å²) in [6.07, 6.45) is -2.34. The van der Waals surface area contributed by atoms with Crippen LogP contribution in [-0.2, 0) is 11.2 Å². The smallest absolute Gasteiger partial charge is 0.142 e. The molecule has 7 atom stereocenters. The molecule has 11 heteroatoms. The average molecular weight is 452 g/mol. The fourth-order valence-corrected chi connectivity index (χ4v) is 4.69. The fraction of sp³-hybridized carbons (Fsp3) is 0.714. The van der Waals surface area contributed by atoms with Crippen LogP contribution in [0.15, 0.2) is 24.3 Å². The molecular weight excluding hydrogens is 414 g/mol. The number of aliphatic hydroxyl groups excluding tert-OH is 2. The van der Waals surface area contributed by atoms with Crippen molar-refractivity contribution in [2.45, 2.75) is 49.3 Å². The van der Waals surface area contributed by atoms with Gasteiger partial charge >= 0.3 is 0 Å². The number of ether oxygens (including phenoxy) is 1. The molecule has 0 aromatic heterocycles. The molecule has 0 amide bonds. The maximum Gasteiger partial charge on any atom is 0.142 e. The quantitative estimate of drug-likeness (QED) is 0.180. The number of nitrogens with zero attached hydrogens (tertiary/aromatic N) is 2. The van der Waals surface area contributed by atoms with Crippen LogP contribution in [0.5, 0.6) is 5.75 Å². The Morgan fingerprint density at radius 3 is 2.72 bits per heavy atom. The first-order valence-corrected chi connectivity index (χ1v) is 11.3. The molecule has 0 bridgehead atoms. The van der Waals surface area contributed by atoms with E-state index in [0.717, 1.165) is 26.1 Å². The third-order valence-corrected chi connectivity index (χ3v) is 6.60. The third-order valence-electron chi connectivity index (χ3n) is 6.60. The molecule has 0 saturated carbocycles. The van der Waals surface area contributed by atoms with E-state index >= 15 is 0 Å². The lowest BCUT2D eigenvalue weighted by Crippen LogP contribution is -2.68. The number of aliphatic hydroxyl groups is 2. The first kappa shape index (κ1) is 23.8. The minimum absolute atomic E-state index is 0.00562. The number of hydrogen-bond acceptors (Lipinski definition) is 11. The van der Waals surface area contributed by atoms with Crippen molar-refractivity contribution in [2.24, 2.45) is 5.73 Å². The number of phenolic OH excluding ortho intramolecular Hbond substituents is 1. The standard InChI is InChI=1S/C21H37N7O4/c1-27(9-8-23-7-6-13-2-4-14(29)5-3-13)10-15-17(30)18(31)21(32-15)28-12-26-16-19(22)24-11-25-20(16)28/h2-5,15-21,23-26,29-31H,6-12,22H2,1H3/t15-,16?,17-,18-,19?,20?,21-/m1/s1. The number of phenols is 1. The Morgan fingerprint density at radius 2 is 1.94 bits per heavy atom. The highest BCUT2D eigenvalue weighted by atomic mass is 16.6. The second-order valence-corrected chi connectivity index (χ2v) is 8.93. The largest absolute Gasteiger partial charge is 0.508 e. The Morgan fingerprint density at radius 1 is 1.16 bits per heavy atom. The second kappa shape index (κ2) is 10.7. The SMILES string of the molecule is CN(CCNCCc1ccc(O)cc1)C[C@H]1O[C@@H](N2CNC3C(N)NCNC32)[C@H](O)[C@@H]1O. The van der Waals surface area contributed by atoms with Crippen molar-refractivity contribution in [1.29, 1.82) is 0 Å². The summed E-state index contributed by atoms with van der Waals surface area (Å²) in [7, 11) is 1.98. The van der Waals surface area contributed by atoms with Gasteiger partial charge in [-0.3, -0.25) is 16.0 Å². The molecule has 9 N–H and O–H groups in total. The maximum absolute atomic E-state index is 10.7. The van der Waals surface area contributed by atoms with Crippen molar-refractivity contribution in [2.75, 3.05) is 46.6 Å². The van der Waals surface area contributed by atoms with Crippen LogP contribution in [0.25, 0.3) is 0 Å². The number of benzene rings is 1. The van der Waals surface area contributed by atoms with E-state index in [4.69, 9.17) is 10.5 Å². The van der Waals surface area contributed by atoms with Crippen LogP contribution in [0.3, 0.4) is 0 Å². The molecule has 0 radical (unpaired) electrons. The summed E-state index contributed by atoms with van der Waals surface area (Å²) in [6, 6.07) is 7.26. The molecular formula is C21H37N7O4. The average Bonchev–Trinajstić information content (AvgIpc) is 3.32. The van der Waals surface area contributed by atoms with Crippen LogP contribution in [0.4, 0.5) is 0 Å². The van der Waals surface area contributed by atoms with Crippen molar-refractivity contribution < 1.29 is 20.1 Å². The van der Waals surface area contributed by atoms with E-state index in [9.17, 15) is 15.3 Å². The second-order valence-electron chi connectivity index (χ2n) is 8.93. The predicted octanol–water partition coefficient (Wildman–Crippen LogP) is -3.10. The lowest BCUT2D eigenvalue weighted by atomic mass is 10.1. The summed E-state index contributed by atoms with van der Waals surface area (Å²) < 4.78 is 6.12.